The first kappa shape index (κ1) is 15.2. The molecule has 4 nitrogen and oxygen atoms in total. The van der Waals surface area contributed by atoms with Crippen LogP contribution in [0.3, 0.4) is 0 Å². The first-order valence-corrected chi connectivity index (χ1v) is 7.59. The van der Waals surface area contributed by atoms with Crippen LogP contribution in [-0.2, 0) is 0 Å². The number of carbonyl (C=O) groups excluding carboxylic acids is 1. The predicted octanol–water partition coefficient (Wildman–Crippen LogP) is 4.01. The molecule has 1 amide bonds. The molecule has 1 unspecified atom stereocenters. The van der Waals surface area contributed by atoms with Gasteiger partial charge in [-0.05, 0) is 36.8 Å². The SMILES string of the molecule is COc1ccc(C(C)N(C)C(=O)c2cc3ccccc3[nH]2)cc1. The second-order valence-corrected chi connectivity index (χ2v) is 5.64. The molecule has 4 heteroatoms. The third-order valence-corrected chi connectivity index (χ3v) is 4.26. The lowest BCUT2D eigenvalue weighted by atomic mass is 10.1. The number of aromatic nitrogens is 1. The predicted molar refractivity (Wildman–Crippen MR) is 91.8 cm³/mol. The number of methoxy groups -OCH3 is 1. The molecule has 0 aliphatic carbocycles. The van der Waals surface area contributed by atoms with Crippen molar-refractivity contribution in [3.05, 3.63) is 65.9 Å². The number of H-pyrrole nitrogens is 1. The van der Waals surface area contributed by atoms with E-state index in [-0.39, 0.29) is 11.9 Å². The van der Waals surface area contributed by atoms with Crippen molar-refractivity contribution in [1.82, 2.24) is 9.88 Å². The molecule has 2 aromatic carbocycles. The van der Waals surface area contributed by atoms with Crippen molar-refractivity contribution < 1.29 is 9.53 Å². The number of para-hydroxylation sites is 1. The Bertz CT molecular complexity index is 788. The van der Waals surface area contributed by atoms with E-state index in [0.717, 1.165) is 22.2 Å². The van der Waals surface area contributed by atoms with Gasteiger partial charge >= 0.3 is 0 Å². The summed E-state index contributed by atoms with van der Waals surface area (Å²) in [5.41, 5.74) is 2.65. The number of carbonyl (C=O) groups is 1. The van der Waals surface area contributed by atoms with Crippen LogP contribution < -0.4 is 4.74 Å². The highest BCUT2D eigenvalue weighted by Crippen LogP contribution is 2.24. The molecule has 0 spiro atoms. The van der Waals surface area contributed by atoms with E-state index in [0.29, 0.717) is 5.69 Å². The van der Waals surface area contributed by atoms with Gasteiger partial charge in [0, 0.05) is 18.0 Å². The Morgan fingerprint density at radius 3 is 2.48 bits per heavy atom. The second kappa shape index (κ2) is 6.16. The fraction of sp³-hybridized carbons (Fsp3) is 0.211. The number of amides is 1. The average Bonchev–Trinajstić information content (AvgIpc) is 3.04. The lowest BCUT2D eigenvalue weighted by Crippen LogP contribution is -2.29. The summed E-state index contributed by atoms with van der Waals surface area (Å²) in [6, 6.07) is 17.5. The third kappa shape index (κ3) is 2.93. The molecular weight excluding hydrogens is 288 g/mol. The van der Waals surface area contributed by atoms with Crippen LogP contribution >= 0.6 is 0 Å². The number of ether oxygens (including phenoxy) is 1. The van der Waals surface area contributed by atoms with Gasteiger partial charge in [0.25, 0.3) is 5.91 Å². The highest BCUT2D eigenvalue weighted by Gasteiger charge is 2.20. The summed E-state index contributed by atoms with van der Waals surface area (Å²) in [4.78, 5) is 17.7. The average molecular weight is 308 g/mol. The fourth-order valence-electron chi connectivity index (χ4n) is 2.66. The van der Waals surface area contributed by atoms with Gasteiger partial charge in [-0.25, -0.2) is 0 Å². The highest BCUT2D eigenvalue weighted by molar-refractivity contribution is 5.98. The molecule has 118 valence electrons. The number of nitrogens with zero attached hydrogens (tertiary/aromatic N) is 1. The van der Waals surface area contributed by atoms with Crippen LogP contribution in [0, 0.1) is 0 Å². The number of rotatable bonds is 4. The van der Waals surface area contributed by atoms with Crippen molar-refractivity contribution >= 4 is 16.8 Å². The quantitative estimate of drug-likeness (QED) is 0.791. The van der Waals surface area contributed by atoms with Gasteiger partial charge in [-0.15, -0.1) is 0 Å². The summed E-state index contributed by atoms with van der Waals surface area (Å²) in [7, 11) is 3.47. The van der Waals surface area contributed by atoms with Crippen molar-refractivity contribution in [2.24, 2.45) is 0 Å². The number of fused-ring (bicyclic) bond motifs is 1. The first-order chi connectivity index (χ1) is 11.1. The molecule has 3 rings (SSSR count). The molecule has 1 heterocycles. The number of hydrogen-bond donors (Lipinski definition) is 1. The Kier molecular flexibility index (Phi) is 4.06. The van der Waals surface area contributed by atoms with Gasteiger partial charge in [0.05, 0.1) is 13.2 Å². The van der Waals surface area contributed by atoms with Crippen LogP contribution in [0.1, 0.15) is 29.0 Å². The minimum Gasteiger partial charge on any atom is -0.497 e. The molecule has 0 saturated heterocycles. The Labute approximate surface area is 135 Å². The maximum Gasteiger partial charge on any atom is 0.270 e. The van der Waals surface area contributed by atoms with Gasteiger partial charge in [-0.2, -0.15) is 0 Å². The summed E-state index contributed by atoms with van der Waals surface area (Å²) in [6.45, 7) is 2.02. The van der Waals surface area contributed by atoms with Gasteiger partial charge in [-0.1, -0.05) is 30.3 Å². The number of hydrogen-bond acceptors (Lipinski definition) is 2. The van der Waals surface area contributed by atoms with Crippen molar-refractivity contribution in [1.29, 1.82) is 0 Å². The standard InChI is InChI=1S/C19H20N2O2/c1-13(14-8-10-16(23-3)11-9-14)21(2)19(22)18-12-15-6-4-5-7-17(15)20-18/h4-13,20H,1-3H3. The van der Waals surface area contributed by atoms with E-state index in [1.165, 1.54) is 0 Å². The monoisotopic (exact) mass is 308 g/mol. The maximum atomic E-state index is 12.7. The number of nitrogens with one attached hydrogen (secondary N) is 1. The van der Waals surface area contributed by atoms with Gasteiger partial charge in [0.2, 0.25) is 0 Å². The molecule has 1 atom stereocenters. The van der Waals surface area contributed by atoms with E-state index in [2.05, 4.69) is 4.98 Å². The summed E-state index contributed by atoms with van der Waals surface area (Å²) in [6.07, 6.45) is 0. The van der Waals surface area contributed by atoms with Crippen LogP contribution in [0.4, 0.5) is 0 Å². The van der Waals surface area contributed by atoms with Gasteiger partial charge < -0.3 is 14.6 Å². The van der Waals surface area contributed by atoms with Crippen LogP contribution in [-0.4, -0.2) is 29.9 Å². The zero-order valence-corrected chi connectivity index (χ0v) is 13.5. The molecule has 0 aliphatic rings. The Morgan fingerprint density at radius 1 is 1.13 bits per heavy atom. The summed E-state index contributed by atoms with van der Waals surface area (Å²) >= 11 is 0. The minimum atomic E-state index is -0.0279. The molecule has 0 saturated carbocycles. The summed E-state index contributed by atoms with van der Waals surface area (Å²) in [5.74, 6) is 0.787. The van der Waals surface area contributed by atoms with Crippen LogP contribution in [0.25, 0.3) is 10.9 Å². The lowest BCUT2D eigenvalue weighted by Gasteiger charge is -2.25. The third-order valence-electron chi connectivity index (χ3n) is 4.26. The van der Waals surface area contributed by atoms with E-state index in [4.69, 9.17) is 4.74 Å². The first-order valence-electron chi connectivity index (χ1n) is 7.59. The van der Waals surface area contributed by atoms with Crippen molar-refractivity contribution in [3.63, 3.8) is 0 Å². The Balaban J connectivity index is 1.82. The van der Waals surface area contributed by atoms with Crippen molar-refractivity contribution in [2.75, 3.05) is 14.2 Å². The molecule has 0 fully saturated rings. The smallest absolute Gasteiger partial charge is 0.270 e. The van der Waals surface area contributed by atoms with Gasteiger partial charge in [0.15, 0.2) is 0 Å². The summed E-state index contributed by atoms with van der Waals surface area (Å²) < 4.78 is 5.17. The molecule has 1 aromatic heterocycles. The van der Waals surface area contributed by atoms with Crippen LogP contribution in [0.2, 0.25) is 0 Å². The van der Waals surface area contributed by atoms with E-state index >= 15 is 0 Å². The normalized spacial score (nSPS) is 12.1. The van der Waals surface area contributed by atoms with Gasteiger partial charge in [0.1, 0.15) is 11.4 Å². The zero-order valence-electron chi connectivity index (χ0n) is 13.5. The molecule has 1 N–H and O–H groups in total. The van der Waals surface area contributed by atoms with Gasteiger partial charge in [-0.3, -0.25) is 4.79 Å². The van der Waals surface area contributed by atoms with E-state index in [1.54, 1.807) is 12.0 Å². The molecule has 0 aliphatic heterocycles. The molecule has 3 aromatic rings. The second-order valence-electron chi connectivity index (χ2n) is 5.64. The van der Waals surface area contributed by atoms with Crippen molar-refractivity contribution in [2.45, 2.75) is 13.0 Å². The number of aromatic amines is 1. The molecular formula is C19H20N2O2. The topological polar surface area (TPSA) is 45.3 Å². The van der Waals surface area contributed by atoms with E-state index in [1.807, 2.05) is 68.6 Å². The fourth-order valence-corrected chi connectivity index (χ4v) is 2.66. The van der Waals surface area contributed by atoms with Crippen LogP contribution in [0.15, 0.2) is 54.6 Å². The lowest BCUT2D eigenvalue weighted by molar-refractivity contribution is 0.0737. The molecule has 0 radical (unpaired) electrons. The maximum absolute atomic E-state index is 12.7. The van der Waals surface area contributed by atoms with Crippen LogP contribution in [0.5, 0.6) is 5.75 Å². The Morgan fingerprint density at radius 2 is 1.83 bits per heavy atom. The van der Waals surface area contributed by atoms with E-state index in [9.17, 15) is 4.79 Å². The van der Waals surface area contributed by atoms with E-state index < -0.39 is 0 Å². The van der Waals surface area contributed by atoms with Crippen molar-refractivity contribution in [3.8, 4) is 5.75 Å². The molecule has 0 bridgehead atoms. The zero-order chi connectivity index (χ0) is 16.4. The highest BCUT2D eigenvalue weighted by atomic mass is 16.5. The Hall–Kier alpha value is -2.75. The number of benzene rings is 2. The minimum absolute atomic E-state index is 0.0236. The molecule has 23 heavy (non-hydrogen) atoms. The largest absolute Gasteiger partial charge is 0.497 e. The summed E-state index contributed by atoms with van der Waals surface area (Å²) in [5, 5.41) is 1.04.